The van der Waals surface area contributed by atoms with Crippen molar-refractivity contribution >= 4 is 23.4 Å². The third-order valence-corrected chi connectivity index (χ3v) is 2.97. The Hall–Kier alpha value is -3.46. The van der Waals surface area contributed by atoms with Crippen molar-refractivity contribution in [3.63, 3.8) is 0 Å². The molecule has 116 valence electrons. The van der Waals surface area contributed by atoms with Crippen LogP contribution in [0.3, 0.4) is 0 Å². The molecule has 23 heavy (non-hydrogen) atoms. The minimum atomic E-state index is -0.233. The highest BCUT2D eigenvalue weighted by molar-refractivity contribution is 5.91. The Morgan fingerprint density at radius 1 is 1.17 bits per heavy atom. The van der Waals surface area contributed by atoms with Gasteiger partial charge in [0.25, 0.3) is 6.26 Å². The molecule has 0 aliphatic carbocycles. The van der Waals surface area contributed by atoms with Crippen molar-refractivity contribution in [1.29, 1.82) is 5.26 Å². The van der Waals surface area contributed by atoms with E-state index in [0.29, 0.717) is 23.7 Å². The standard InChI is InChI=1S/C17H16N4O2/c18-11-23-16-4-1-12(2-5-16)3-6-17(22)21-10-13-7-14(19)9-15(20)8-13/h1-9H,10,19-20H2,(H,21,22)/b6-3+. The van der Waals surface area contributed by atoms with Crippen LogP contribution in [0.2, 0.25) is 0 Å². The number of amides is 1. The van der Waals surface area contributed by atoms with Crippen LogP contribution in [0.25, 0.3) is 6.08 Å². The van der Waals surface area contributed by atoms with Crippen molar-refractivity contribution in [2.45, 2.75) is 6.54 Å². The molecule has 0 spiro atoms. The fourth-order valence-corrected chi connectivity index (χ4v) is 1.97. The summed E-state index contributed by atoms with van der Waals surface area (Å²) in [5.41, 5.74) is 14.2. The highest BCUT2D eigenvalue weighted by Crippen LogP contribution is 2.14. The summed E-state index contributed by atoms with van der Waals surface area (Å²) < 4.78 is 4.68. The number of nitrogens with one attached hydrogen (secondary N) is 1. The summed E-state index contributed by atoms with van der Waals surface area (Å²) in [6, 6.07) is 12.0. The Morgan fingerprint density at radius 2 is 1.83 bits per heavy atom. The Morgan fingerprint density at radius 3 is 2.43 bits per heavy atom. The van der Waals surface area contributed by atoms with E-state index in [9.17, 15) is 4.79 Å². The average Bonchev–Trinajstić information content (AvgIpc) is 2.52. The SMILES string of the molecule is N#COc1ccc(/C=C/C(=O)NCc2cc(N)cc(N)c2)cc1. The van der Waals surface area contributed by atoms with Crippen LogP contribution in [0.1, 0.15) is 11.1 Å². The van der Waals surface area contributed by atoms with E-state index in [0.717, 1.165) is 11.1 Å². The van der Waals surface area contributed by atoms with Crippen LogP contribution in [0, 0.1) is 11.5 Å². The molecular weight excluding hydrogens is 292 g/mol. The van der Waals surface area contributed by atoms with E-state index < -0.39 is 0 Å². The third-order valence-electron chi connectivity index (χ3n) is 2.97. The molecule has 0 unspecified atom stereocenters. The number of nitriles is 1. The van der Waals surface area contributed by atoms with E-state index in [1.807, 2.05) is 0 Å². The van der Waals surface area contributed by atoms with Crippen molar-refractivity contribution in [1.82, 2.24) is 5.32 Å². The largest absolute Gasteiger partial charge is 0.399 e. The molecule has 0 atom stereocenters. The first-order valence-electron chi connectivity index (χ1n) is 6.83. The molecule has 0 saturated carbocycles. The number of anilines is 2. The molecule has 0 aliphatic rings. The number of rotatable bonds is 5. The lowest BCUT2D eigenvalue weighted by atomic mass is 10.1. The molecule has 0 radical (unpaired) electrons. The molecule has 1 amide bonds. The fraction of sp³-hybridized carbons (Fsp3) is 0.0588. The van der Waals surface area contributed by atoms with Crippen LogP contribution >= 0.6 is 0 Å². The van der Waals surface area contributed by atoms with E-state index >= 15 is 0 Å². The quantitative estimate of drug-likeness (QED) is 0.444. The van der Waals surface area contributed by atoms with Crippen molar-refractivity contribution in [3.05, 3.63) is 59.7 Å². The van der Waals surface area contributed by atoms with E-state index in [-0.39, 0.29) is 5.91 Å². The van der Waals surface area contributed by atoms with Gasteiger partial charge >= 0.3 is 0 Å². The van der Waals surface area contributed by atoms with Gasteiger partial charge in [-0.05, 0) is 47.5 Å². The number of nitrogens with zero attached hydrogens (tertiary/aromatic N) is 1. The normalized spacial score (nSPS) is 10.2. The van der Waals surface area contributed by atoms with Crippen molar-refractivity contribution in [3.8, 4) is 12.0 Å². The van der Waals surface area contributed by atoms with Gasteiger partial charge in [0.1, 0.15) is 5.75 Å². The van der Waals surface area contributed by atoms with Gasteiger partial charge in [-0.1, -0.05) is 12.1 Å². The maximum atomic E-state index is 11.8. The summed E-state index contributed by atoms with van der Waals surface area (Å²) in [6.07, 6.45) is 4.69. The number of carbonyl (C=O) groups excluding carboxylic acids is 1. The summed E-state index contributed by atoms with van der Waals surface area (Å²) >= 11 is 0. The highest BCUT2D eigenvalue weighted by Gasteiger charge is 2.00. The first-order valence-corrected chi connectivity index (χ1v) is 6.83. The van der Waals surface area contributed by atoms with Crippen LogP contribution in [0.5, 0.6) is 5.75 Å². The highest BCUT2D eigenvalue weighted by atomic mass is 16.5. The zero-order chi connectivity index (χ0) is 16.7. The second-order valence-corrected chi connectivity index (χ2v) is 4.82. The zero-order valence-corrected chi connectivity index (χ0v) is 12.3. The van der Waals surface area contributed by atoms with Gasteiger partial charge in [-0.15, -0.1) is 5.26 Å². The van der Waals surface area contributed by atoms with Gasteiger partial charge in [0, 0.05) is 24.0 Å². The van der Waals surface area contributed by atoms with Gasteiger partial charge in [-0.3, -0.25) is 4.79 Å². The summed E-state index contributed by atoms with van der Waals surface area (Å²) in [4.78, 5) is 11.8. The number of nitrogens with two attached hydrogens (primary N) is 2. The molecule has 0 aromatic heterocycles. The second-order valence-electron chi connectivity index (χ2n) is 4.82. The Kier molecular flexibility index (Phi) is 5.21. The summed E-state index contributed by atoms with van der Waals surface area (Å²) in [5.74, 6) is 0.219. The lowest BCUT2D eigenvalue weighted by Crippen LogP contribution is -2.20. The number of nitrogen functional groups attached to an aromatic ring is 2. The maximum absolute atomic E-state index is 11.8. The second kappa shape index (κ2) is 7.52. The van der Waals surface area contributed by atoms with Crippen LogP contribution in [0.4, 0.5) is 11.4 Å². The zero-order valence-electron chi connectivity index (χ0n) is 12.3. The molecule has 5 N–H and O–H groups in total. The topological polar surface area (TPSA) is 114 Å². The Labute approximate surface area is 134 Å². The molecule has 0 heterocycles. The first kappa shape index (κ1) is 15.9. The minimum absolute atomic E-state index is 0.233. The predicted octanol–water partition coefficient (Wildman–Crippen LogP) is 2.04. The molecule has 6 heteroatoms. The van der Waals surface area contributed by atoms with Gasteiger partial charge < -0.3 is 21.5 Å². The fourth-order valence-electron chi connectivity index (χ4n) is 1.97. The van der Waals surface area contributed by atoms with E-state index in [1.54, 1.807) is 54.8 Å². The van der Waals surface area contributed by atoms with Gasteiger partial charge in [-0.25, -0.2) is 0 Å². The third kappa shape index (κ3) is 5.10. The molecule has 2 aromatic carbocycles. The minimum Gasteiger partial charge on any atom is -0.399 e. The molecule has 0 aliphatic heterocycles. The smallest absolute Gasteiger partial charge is 0.292 e. The predicted molar refractivity (Wildman–Crippen MR) is 88.8 cm³/mol. The van der Waals surface area contributed by atoms with Gasteiger partial charge in [0.2, 0.25) is 5.91 Å². The first-order chi connectivity index (χ1) is 11.1. The van der Waals surface area contributed by atoms with Gasteiger partial charge in [-0.2, -0.15) is 0 Å². The average molecular weight is 308 g/mol. The van der Waals surface area contributed by atoms with E-state index in [4.69, 9.17) is 16.7 Å². The molecule has 2 rings (SSSR count). The Balaban J connectivity index is 1.90. The molecular formula is C17H16N4O2. The summed E-state index contributed by atoms with van der Waals surface area (Å²) in [7, 11) is 0. The number of benzene rings is 2. The number of ether oxygens (including phenoxy) is 1. The van der Waals surface area contributed by atoms with Gasteiger partial charge in [0.05, 0.1) is 0 Å². The van der Waals surface area contributed by atoms with Gasteiger partial charge in [0.15, 0.2) is 0 Å². The van der Waals surface area contributed by atoms with Crippen LogP contribution in [-0.4, -0.2) is 5.91 Å². The molecule has 0 saturated heterocycles. The molecule has 0 bridgehead atoms. The van der Waals surface area contributed by atoms with Crippen molar-refractivity contribution in [2.75, 3.05) is 11.5 Å². The summed E-state index contributed by atoms with van der Waals surface area (Å²) in [5, 5.41) is 11.1. The molecule has 6 nitrogen and oxygen atoms in total. The monoisotopic (exact) mass is 308 g/mol. The number of hydrogen-bond donors (Lipinski definition) is 3. The van der Waals surface area contributed by atoms with Crippen LogP contribution in [-0.2, 0) is 11.3 Å². The van der Waals surface area contributed by atoms with Crippen LogP contribution < -0.4 is 21.5 Å². The Bertz CT molecular complexity index is 741. The lowest BCUT2D eigenvalue weighted by molar-refractivity contribution is -0.116. The number of carbonyl (C=O) groups is 1. The van der Waals surface area contributed by atoms with Crippen molar-refractivity contribution in [2.24, 2.45) is 0 Å². The van der Waals surface area contributed by atoms with E-state index in [1.165, 1.54) is 6.08 Å². The maximum Gasteiger partial charge on any atom is 0.292 e. The lowest BCUT2D eigenvalue weighted by Gasteiger charge is -2.05. The number of hydrogen-bond acceptors (Lipinski definition) is 5. The van der Waals surface area contributed by atoms with E-state index in [2.05, 4.69) is 10.1 Å². The summed E-state index contributed by atoms with van der Waals surface area (Å²) in [6.45, 7) is 0.341. The molecule has 0 fully saturated rings. The molecule has 2 aromatic rings. The van der Waals surface area contributed by atoms with Crippen LogP contribution in [0.15, 0.2) is 48.5 Å². The van der Waals surface area contributed by atoms with Crippen molar-refractivity contribution < 1.29 is 9.53 Å².